The minimum absolute atomic E-state index is 0.237. The van der Waals surface area contributed by atoms with Crippen LogP contribution in [0.5, 0.6) is 0 Å². The normalized spacial score (nSPS) is 13.7. The molecule has 0 saturated heterocycles. The van der Waals surface area contributed by atoms with Gasteiger partial charge in [0.25, 0.3) is 0 Å². The lowest BCUT2D eigenvalue weighted by atomic mass is 9.99. The van der Waals surface area contributed by atoms with Gasteiger partial charge in [-0.1, -0.05) is 104 Å². The van der Waals surface area contributed by atoms with Crippen LogP contribution in [-0.4, -0.2) is 50.2 Å². The molecule has 190 valence electrons. The fraction of sp³-hybridized carbons (Fsp3) is 0.926. The van der Waals surface area contributed by atoms with Crippen molar-refractivity contribution >= 4 is 11.9 Å². The van der Waals surface area contributed by atoms with Crippen LogP contribution < -0.4 is 5.11 Å². The van der Waals surface area contributed by atoms with Gasteiger partial charge in [-0.2, -0.15) is 0 Å². The number of carboxylic acid groups (broad SMARTS) is 1. The molecule has 0 aromatic heterocycles. The number of hydrogen-bond acceptors (Lipinski definition) is 4. The molecule has 5 nitrogen and oxygen atoms in total. The Morgan fingerprint density at radius 3 is 1.62 bits per heavy atom. The number of carbonyl (C=O) groups is 2. The number of ether oxygens (including phenoxy) is 1. The Labute approximate surface area is 198 Å². The number of aliphatic carboxylic acids is 1. The summed E-state index contributed by atoms with van der Waals surface area (Å²) < 4.78 is 5.94. The molecule has 0 aliphatic rings. The SMILES string of the molecule is CCC(C)CCCCCCCCCCCCCCCC(=O)OC(CC(=O)[O-])C[N+](C)(C)C. The summed E-state index contributed by atoms with van der Waals surface area (Å²) in [4.78, 5) is 22.9. The van der Waals surface area contributed by atoms with Gasteiger partial charge >= 0.3 is 5.97 Å². The molecule has 0 bridgehead atoms. The van der Waals surface area contributed by atoms with E-state index >= 15 is 0 Å². The van der Waals surface area contributed by atoms with Gasteiger partial charge in [-0.05, 0) is 12.3 Å². The van der Waals surface area contributed by atoms with Crippen molar-refractivity contribution < 1.29 is 23.9 Å². The monoisotopic (exact) mass is 455 g/mol. The zero-order chi connectivity index (χ0) is 24.2. The standard InChI is InChI=1S/C27H53NO4/c1-6-24(2)20-18-16-14-12-10-8-7-9-11-13-15-17-19-21-27(31)32-25(22-26(29)30)23-28(3,4)5/h24-25H,6-23H2,1-5H3. The van der Waals surface area contributed by atoms with Crippen LogP contribution in [0.1, 0.15) is 123 Å². The molecule has 2 unspecified atom stereocenters. The van der Waals surface area contributed by atoms with E-state index in [1.54, 1.807) is 0 Å². The zero-order valence-corrected chi connectivity index (χ0v) is 22.0. The zero-order valence-electron chi connectivity index (χ0n) is 22.0. The van der Waals surface area contributed by atoms with E-state index in [1.165, 1.54) is 77.0 Å². The van der Waals surface area contributed by atoms with Crippen molar-refractivity contribution in [2.24, 2.45) is 5.92 Å². The van der Waals surface area contributed by atoms with E-state index in [2.05, 4.69) is 13.8 Å². The highest BCUT2D eigenvalue weighted by Gasteiger charge is 2.22. The number of carboxylic acids is 1. The number of hydrogen-bond donors (Lipinski definition) is 0. The number of nitrogens with zero attached hydrogens (tertiary/aromatic N) is 1. The first-order chi connectivity index (χ1) is 15.1. The largest absolute Gasteiger partial charge is 0.550 e. The average Bonchev–Trinajstić information content (AvgIpc) is 2.68. The van der Waals surface area contributed by atoms with Crippen molar-refractivity contribution in [1.29, 1.82) is 0 Å². The number of carbonyl (C=O) groups excluding carboxylic acids is 2. The van der Waals surface area contributed by atoms with Gasteiger partial charge in [-0.3, -0.25) is 4.79 Å². The Hall–Kier alpha value is -1.10. The summed E-state index contributed by atoms with van der Waals surface area (Å²) in [7, 11) is 5.85. The third-order valence-corrected chi connectivity index (χ3v) is 6.22. The van der Waals surface area contributed by atoms with Crippen LogP contribution in [0.3, 0.4) is 0 Å². The van der Waals surface area contributed by atoms with Crippen molar-refractivity contribution in [3.63, 3.8) is 0 Å². The molecule has 0 amide bonds. The second-order valence-electron chi connectivity index (χ2n) is 10.8. The first-order valence-electron chi connectivity index (χ1n) is 13.3. The highest BCUT2D eigenvalue weighted by molar-refractivity contribution is 5.70. The maximum atomic E-state index is 12.0. The maximum Gasteiger partial charge on any atom is 0.306 e. The van der Waals surface area contributed by atoms with E-state index in [9.17, 15) is 14.7 Å². The molecule has 0 heterocycles. The number of esters is 1. The van der Waals surface area contributed by atoms with Gasteiger partial charge in [0.15, 0.2) is 6.10 Å². The van der Waals surface area contributed by atoms with Crippen LogP contribution in [-0.2, 0) is 14.3 Å². The molecule has 0 N–H and O–H groups in total. The summed E-state index contributed by atoms with van der Waals surface area (Å²) >= 11 is 0. The molecular formula is C27H53NO4. The van der Waals surface area contributed by atoms with Crippen LogP contribution in [0.25, 0.3) is 0 Å². The van der Waals surface area contributed by atoms with Gasteiger partial charge in [-0.15, -0.1) is 0 Å². The fourth-order valence-electron chi connectivity index (χ4n) is 4.10. The number of rotatable bonds is 22. The molecule has 0 fully saturated rings. The Kier molecular flexibility index (Phi) is 18.7. The lowest BCUT2D eigenvalue weighted by molar-refractivity contribution is -0.873. The van der Waals surface area contributed by atoms with Gasteiger partial charge in [0.05, 0.1) is 21.1 Å². The Morgan fingerprint density at radius 1 is 0.781 bits per heavy atom. The molecule has 0 radical (unpaired) electrons. The van der Waals surface area contributed by atoms with Gasteiger partial charge in [0, 0.05) is 18.8 Å². The van der Waals surface area contributed by atoms with Crippen molar-refractivity contribution in [1.82, 2.24) is 0 Å². The lowest BCUT2D eigenvalue weighted by Gasteiger charge is -2.29. The molecule has 0 aromatic carbocycles. The van der Waals surface area contributed by atoms with Gasteiger partial charge in [0.2, 0.25) is 0 Å². The third kappa shape index (κ3) is 22.1. The third-order valence-electron chi connectivity index (χ3n) is 6.22. The van der Waals surface area contributed by atoms with Crippen molar-refractivity contribution in [2.45, 2.75) is 129 Å². The molecule has 0 spiro atoms. The second-order valence-corrected chi connectivity index (χ2v) is 10.8. The van der Waals surface area contributed by atoms with Crippen LogP contribution >= 0.6 is 0 Å². The molecule has 2 atom stereocenters. The van der Waals surface area contributed by atoms with Crippen LogP contribution in [0.15, 0.2) is 0 Å². The molecule has 32 heavy (non-hydrogen) atoms. The first kappa shape index (κ1) is 30.9. The summed E-state index contributed by atoms with van der Waals surface area (Å²) in [6.07, 6.45) is 18.8. The molecule has 0 aromatic rings. The number of quaternary nitrogens is 1. The van der Waals surface area contributed by atoms with Crippen LogP contribution in [0.2, 0.25) is 0 Å². The summed E-state index contributed by atoms with van der Waals surface area (Å²) in [5.41, 5.74) is 0. The summed E-state index contributed by atoms with van der Waals surface area (Å²) in [5, 5.41) is 10.9. The highest BCUT2D eigenvalue weighted by atomic mass is 16.5. The van der Waals surface area contributed by atoms with Crippen molar-refractivity contribution in [2.75, 3.05) is 27.7 Å². The molecular weight excluding hydrogens is 402 g/mol. The molecule has 0 aliphatic carbocycles. The van der Waals surface area contributed by atoms with Gasteiger partial charge in [0.1, 0.15) is 6.54 Å². The topological polar surface area (TPSA) is 66.4 Å². The second kappa shape index (κ2) is 19.4. The summed E-state index contributed by atoms with van der Waals surface area (Å²) in [6, 6.07) is 0. The smallest absolute Gasteiger partial charge is 0.306 e. The van der Waals surface area contributed by atoms with Crippen LogP contribution in [0.4, 0.5) is 0 Å². The number of unbranched alkanes of at least 4 members (excludes halogenated alkanes) is 12. The van der Waals surface area contributed by atoms with E-state index in [4.69, 9.17) is 4.74 Å². The van der Waals surface area contributed by atoms with E-state index in [0.717, 1.165) is 25.2 Å². The predicted octanol–water partition coefficient (Wildman–Crippen LogP) is 5.64. The number of likely N-dealkylation sites (N-methyl/N-ethyl adjacent to an activating group) is 1. The molecule has 0 saturated carbocycles. The van der Waals surface area contributed by atoms with E-state index in [0.29, 0.717) is 17.4 Å². The minimum Gasteiger partial charge on any atom is -0.550 e. The Bertz CT molecular complexity index is 473. The average molecular weight is 456 g/mol. The maximum absolute atomic E-state index is 12.0. The lowest BCUT2D eigenvalue weighted by Crippen LogP contribution is -2.45. The fourth-order valence-corrected chi connectivity index (χ4v) is 4.10. The Balaban J connectivity index is 3.53. The van der Waals surface area contributed by atoms with E-state index < -0.39 is 12.1 Å². The molecule has 0 rings (SSSR count). The first-order valence-corrected chi connectivity index (χ1v) is 13.3. The van der Waals surface area contributed by atoms with Crippen LogP contribution in [0, 0.1) is 5.92 Å². The quantitative estimate of drug-likeness (QED) is 0.120. The van der Waals surface area contributed by atoms with Crippen molar-refractivity contribution in [3.05, 3.63) is 0 Å². The summed E-state index contributed by atoms with van der Waals surface area (Å²) in [5.74, 6) is -0.562. The van der Waals surface area contributed by atoms with Crippen molar-refractivity contribution in [3.8, 4) is 0 Å². The highest BCUT2D eigenvalue weighted by Crippen LogP contribution is 2.16. The van der Waals surface area contributed by atoms with E-state index in [1.807, 2.05) is 21.1 Å². The van der Waals surface area contributed by atoms with E-state index in [-0.39, 0.29) is 12.4 Å². The van der Waals surface area contributed by atoms with Gasteiger partial charge in [-0.25, -0.2) is 0 Å². The predicted molar refractivity (Wildman–Crippen MR) is 131 cm³/mol. The summed E-state index contributed by atoms with van der Waals surface area (Å²) in [6.45, 7) is 5.12. The Morgan fingerprint density at radius 2 is 1.22 bits per heavy atom. The minimum atomic E-state index is -1.17. The molecule has 5 heteroatoms. The molecule has 0 aliphatic heterocycles. The van der Waals surface area contributed by atoms with Gasteiger partial charge < -0.3 is 19.1 Å².